The van der Waals surface area contributed by atoms with Gasteiger partial charge < -0.3 is 5.32 Å². The van der Waals surface area contributed by atoms with Crippen LogP contribution in [0.2, 0.25) is 0 Å². The van der Waals surface area contributed by atoms with Gasteiger partial charge in [-0.25, -0.2) is 0 Å². The van der Waals surface area contributed by atoms with Crippen LogP contribution in [0.1, 0.15) is 27.2 Å². The SMILES string of the molecule is CC(=O)N1C(=S)NC(=O)[C@H]1CC(C)C. The van der Waals surface area contributed by atoms with Crippen molar-refractivity contribution in [1.82, 2.24) is 10.2 Å². The number of carbonyl (C=O) groups is 2. The minimum atomic E-state index is -0.417. The highest BCUT2D eigenvalue weighted by Crippen LogP contribution is 2.17. The quantitative estimate of drug-likeness (QED) is 0.687. The zero-order valence-corrected chi connectivity index (χ0v) is 9.35. The number of hydrogen-bond donors (Lipinski definition) is 1. The second-order valence-corrected chi connectivity index (χ2v) is 4.22. The molecule has 0 unspecified atom stereocenters. The summed E-state index contributed by atoms with van der Waals surface area (Å²) in [4.78, 5) is 24.0. The average Bonchev–Trinajstić information content (AvgIpc) is 2.25. The van der Waals surface area contributed by atoms with Gasteiger partial charge in [-0.05, 0) is 24.6 Å². The van der Waals surface area contributed by atoms with Gasteiger partial charge in [0.1, 0.15) is 6.04 Å². The van der Waals surface area contributed by atoms with E-state index in [0.29, 0.717) is 12.3 Å². The summed E-state index contributed by atoms with van der Waals surface area (Å²) in [6, 6.07) is -0.417. The van der Waals surface area contributed by atoms with Crippen molar-refractivity contribution >= 4 is 29.1 Å². The van der Waals surface area contributed by atoms with Gasteiger partial charge in [-0.2, -0.15) is 0 Å². The first-order valence-electron chi connectivity index (χ1n) is 4.58. The molecule has 0 aliphatic carbocycles. The molecule has 1 aliphatic heterocycles. The fraction of sp³-hybridized carbons (Fsp3) is 0.667. The molecule has 0 saturated carbocycles. The van der Waals surface area contributed by atoms with E-state index < -0.39 is 6.04 Å². The molecule has 0 aromatic carbocycles. The number of thiocarbonyl (C=S) groups is 1. The molecule has 1 aliphatic rings. The van der Waals surface area contributed by atoms with Crippen LogP contribution < -0.4 is 5.32 Å². The monoisotopic (exact) mass is 214 g/mol. The van der Waals surface area contributed by atoms with E-state index in [2.05, 4.69) is 5.32 Å². The molecule has 0 bridgehead atoms. The molecule has 4 nitrogen and oxygen atoms in total. The molecular weight excluding hydrogens is 200 g/mol. The Balaban J connectivity index is 2.83. The number of nitrogens with one attached hydrogen (secondary N) is 1. The molecule has 0 aromatic rings. The number of nitrogens with zero attached hydrogens (tertiary/aromatic N) is 1. The molecule has 1 fully saturated rings. The van der Waals surface area contributed by atoms with Crippen LogP contribution in [0.5, 0.6) is 0 Å². The first-order chi connectivity index (χ1) is 6.43. The summed E-state index contributed by atoms with van der Waals surface area (Å²) in [5, 5.41) is 2.73. The third-order valence-electron chi connectivity index (χ3n) is 2.10. The Morgan fingerprint density at radius 1 is 1.64 bits per heavy atom. The van der Waals surface area contributed by atoms with Crippen molar-refractivity contribution in [1.29, 1.82) is 0 Å². The third-order valence-corrected chi connectivity index (χ3v) is 2.40. The third kappa shape index (κ3) is 2.09. The molecule has 2 amide bonds. The summed E-state index contributed by atoms with van der Waals surface area (Å²) >= 11 is 4.90. The van der Waals surface area contributed by atoms with Gasteiger partial charge in [0.15, 0.2) is 5.11 Å². The van der Waals surface area contributed by atoms with Gasteiger partial charge in [-0.1, -0.05) is 13.8 Å². The van der Waals surface area contributed by atoms with Crippen molar-refractivity contribution in [3.05, 3.63) is 0 Å². The molecule has 1 saturated heterocycles. The predicted molar refractivity (Wildman–Crippen MR) is 56.5 cm³/mol. The van der Waals surface area contributed by atoms with Gasteiger partial charge in [0.2, 0.25) is 11.8 Å². The molecule has 0 radical (unpaired) electrons. The zero-order valence-electron chi connectivity index (χ0n) is 8.53. The van der Waals surface area contributed by atoms with Crippen LogP contribution in [0, 0.1) is 5.92 Å². The molecule has 5 heteroatoms. The Morgan fingerprint density at radius 3 is 2.64 bits per heavy atom. The molecule has 0 aromatic heterocycles. The fourth-order valence-electron chi connectivity index (χ4n) is 1.53. The Labute approximate surface area is 88.6 Å². The van der Waals surface area contributed by atoms with Crippen LogP contribution in [0.4, 0.5) is 0 Å². The van der Waals surface area contributed by atoms with Crippen LogP contribution in [-0.4, -0.2) is 27.9 Å². The van der Waals surface area contributed by atoms with Crippen LogP contribution in [0.15, 0.2) is 0 Å². The molecule has 14 heavy (non-hydrogen) atoms. The van der Waals surface area contributed by atoms with Crippen molar-refractivity contribution in [3.63, 3.8) is 0 Å². The highest BCUT2D eigenvalue weighted by atomic mass is 32.1. The minimum absolute atomic E-state index is 0.168. The first-order valence-corrected chi connectivity index (χ1v) is 4.99. The number of rotatable bonds is 2. The normalized spacial score (nSPS) is 21.7. The van der Waals surface area contributed by atoms with Gasteiger partial charge in [-0.3, -0.25) is 14.5 Å². The number of carbonyl (C=O) groups excluding carboxylic acids is 2. The van der Waals surface area contributed by atoms with E-state index in [4.69, 9.17) is 12.2 Å². The number of hydrogen-bond acceptors (Lipinski definition) is 3. The maximum absolute atomic E-state index is 11.4. The summed E-state index contributed by atoms with van der Waals surface area (Å²) in [6.45, 7) is 5.43. The minimum Gasteiger partial charge on any atom is -0.301 e. The lowest BCUT2D eigenvalue weighted by atomic mass is 10.0. The Bertz CT molecular complexity index is 289. The summed E-state index contributed by atoms with van der Waals surface area (Å²) in [7, 11) is 0. The largest absolute Gasteiger partial charge is 0.301 e. The van der Waals surface area contributed by atoms with Gasteiger partial charge in [0.05, 0.1) is 0 Å². The van der Waals surface area contributed by atoms with Gasteiger partial charge in [0.25, 0.3) is 0 Å². The van der Waals surface area contributed by atoms with Crippen LogP contribution in [0.3, 0.4) is 0 Å². The lowest BCUT2D eigenvalue weighted by molar-refractivity contribution is -0.131. The van der Waals surface area contributed by atoms with Crippen molar-refractivity contribution in [2.45, 2.75) is 33.2 Å². The highest BCUT2D eigenvalue weighted by Gasteiger charge is 2.38. The van der Waals surface area contributed by atoms with E-state index in [9.17, 15) is 9.59 Å². The molecular formula is C9H14N2O2S. The fourth-order valence-corrected chi connectivity index (χ4v) is 1.89. The van der Waals surface area contributed by atoms with Crippen molar-refractivity contribution in [2.24, 2.45) is 5.92 Å². The summed E-state index contributed by atoms with van der Waals surface area (Å²) in [5.74, 6) is 0.00593. The predicted octanol–water partition coefficient (Wildman–Crippen LogP) is 0.664. The lowest BCUT2D eigenvalue weighted by Gasteiger charge is -2.20. The first kappa shape index (κ1) is 11.1. The van der Waals surface area contributed by atoms with Gasteiger partial charge in [-0.15, -0.1) is 0 Å². The van der Waals surface area contributed by atoms with Gasteiger partial charge in [0, 0.05) is 6.92 Å². The standard InChI is InChI=1S/C9H14N2O2S/c1-5(2)4-7-8(13)10-9(14)11(7)6(3)12/h5,7H,4H2,1-3H3,(H,10,13,14)/t7-/m1/s1. The number of amides is 2. The molecule has 1 N–H and O–H groups in total. The van der Waals surface area contributed by atoms with E-state index in [1.165, 1.54) is 11.8 Å². The Kier molecular flexibility index (Phi) is 3.21. The van der Waals surface area contributed by atoms with E-state index >= 15 is 0 Å². The smallest absolute Gasteiger partial charge is 0.249 e. The van der Waals surface area contributed by atoms with Crippen LogP contribution in [-0.2, 0) is 9.59 Å². The topological polar surface area (TPSA) is 49.4 Å². The zero-order chi connectivity index (χ0) is 10.9. The van der Waals surface area contributed by atoms with E-state index in [0.717, 1.165) is 0 Å². The maximum atomic E-state index is 11.4. The maximum Gasteiger partial charge on any atom is 0.249 e. The molecule has 1 rings (SSSR count). The summed E-state index contributed by atoms with van der Waals surface area (Å²) < 4.78 is 0. The molecule has 0 spiro atoms. The second kappa shape index (κ2) is 4.04. The molecule has 1 atom stereocenters. The van der Waals surface area contributed by atoms with Crippen molar-refractivity contribution in [2.75, 3.05) is 0 Å². The lowest BCUT2D eigenvalue weighted by Crippen LogP contribution is -2.39. The van der Waals surface area contributed by atoms with Gasteiger partial charge >= 0.3 is 0 Å². The molecule has 78 valence electrons. The van der Waals surface area contributed by atoms with Crippen LogP contribution in [0.25, 0.3) is 0 Å². The van der Waals surface area contributed by atoms with Crippen molar-refractivity contribution < 1.29 is 9.59 Å². The van der Waals surface area contributed by atoms with Crippen LogP contribution >= 0.6 is 12.2 Å². The molecule has 1 heterocycles. The van der Waals surface area contributed by atoms with E-state index in [1.807, 2.05) is 13.8 Å². The summed E-state index contributed by atoms with van der Waals surface area (Å²) in [5.41, 5.74) is 0. The second-order valence-electron chi connectivity index (χ2n) is 3.83. The van der Waals surface area contributed by atoms with E-state index in [-0.39, 0.29) is 16.9 Å². The Morgan fingerprint density at radius 2 is 2.21 bits per heavy atom. The van der Waals surface area contributed by atoms with E-state index in [1.54, 1.807) is 0 Å². The van der Waals surface area contributed by atoms with Crippen molar-refractivity contribution in [3.8, 4) is 0 Å². The highest BCUT2D eigenvalue weighted by molar-refractivity contribution is 7.80. The summed E-state index contributed by atoms with van der Waals surface area (Å²) in [6.07, 6.45) is 0.644. The average molecular weight is 214 g/mol. The Hall–Kier alpha value is -0.970.